The van der Waals surface area contributed by atoms with Crippen LogP contribution in [0.2, 0.25) is 0 Å². The minimum absolute atomic E-state index is 0. The molecule has 180 valence electrons. The van der Waals surface area contributed by atoms with E-state index < -0.39 is 0 Å². The van der Waals surface area contributed by atoms with Gasteiger partial charge in [-0.3, -0.25) is 4.79 Å². The predicted molar refractivity (Wildman–Crippen MR) is 139 cm³/mol. The van der Waals surface area contributed by atoms with Crippen molar-refractivity contribution in [2.75, 3.05) is 77.1 Å². The maximum Gasteiger partial charge on any atom is 0.244 e. The summed E-state index contributed by atoms with van der Waals surface area (Å²) in [6, 6.07) is 10.4. The fraction of sp³-hybridized carbons (Fsp3) is 0.652. The van der Waals surface area contributed by atoms with Gasteiger partial charge in [0.2, 0.25) is 5.91 Å². The summed E-state index contributed by atoms with van der Waals surface area (Å²) in [5.41, 5.74) is 1.21. The fourth-order valence-corrected chi connectivity index (χ4v) is 3.79. The van der Waals surface area contributed by atoms with Crippen molar-refractivity contribution in [2.45, 2.75) is 19.8 Å². The van der Waals surface area contributed by atoms with Gasteiger partial charge in [-0.1, -0.05) is 18.2 Å². The summed E-state index contributed by atoms with van der Waals surface area (Å²) in [7, 11) is 0. The van der Waals surface area contributed by atoms with E-state index in [1.807, 2.05) is 30.0 Å². The van der Waals surface area contributed by atoms with Crippen molar-refractivity contribution in [3.8, 4) is 0 Å². The van der Waals surface area contributed by atoms with Crippen LogP contribution >= 0.6 is 24.0 Å². The van der Waals surface area contributed by atoms with Crippen LogP contribution in [-0.2, 0) is 14.3 Å². The zero-order valence-electron chi connectivity index (χ0n) is 19.1. The molecule has 0 aliphatic carbocycles. The Hall–Kier alpha value is -1.59. The molecule has 2 N–H and O–H groups in total. The minimum atomic E-state index is 0. The molecule has 1 aromatic carbocycles. The Morgan fingerprint density at radius 3 is 2.66 bits per heavy atom. The number of rotatable bonds is 10. The molecule has 1 amide bonds. The van der Waals surface area contributed by atoms with Crippen molar-refractivity contribution in [2.24, 2.45) is 10.9 Å². The average molecular weight is 559 g/mol. The Balaban J connectivity index is 0.00000363. The SMILES string of the molecule is CCNC(=NCC(=O)N1CCN(c2ccccc2)CC1)NCCCOCC1CCOC1.I. The number of halogens is 1. The van der Waals surface area contributed by atoms with Gasteiger partial charge in [-0.25, -0.2) is 4.99 Å². The molecule has 2 saturated heterocycles. The summed E-state index contributed by atoms with van der Waals surface area (Å²) in [6.07, 6.45) is 2.00. The molecule has 0 spiro atoms. The Morgan fingerprint density at radius 1 is 1.19 bits per heavy atom. The van der Waals surface area contributed by atoms with E-state index in [0.29, 0.717) is 18.5 Å². The van der Waals surface area contributed by atoms with E-state index in [-0.39, 0.29) is 36.4 Å². The molecular formula is C23H38IN5O3. The second kappa shape index (κ2) is 15.3. The number of nitrogens with zero attached hydrogens (tertiary/aromatic N) is 3. The van der Waals surface area contributed by atoms with Crippen LogP contribution in [-0.4, -0.2) is 89.0 Å². The van der Waals surface area contributed by atoms with Gasteiger partial charge in [0, 0.05) is 64.1 Å². The summed E-state index contributed by atoms with van der Waals surface area (Å²) in [4.78, 5) is 21.3. The topological polar surface area (TPSA) is 78.4 Å². The van der Waals surface area contributed by atoms with E-state index >= 15 is 0 Å². The number of carbonyl (C=O) groups excluding carboxylic acids is 1. The highest BCUT2D eigenvalue weighted by molar-refractivity contribution is 14.0. The number of benzene rings is 1. The van der Waals surface area contributed by atoms with Crippen LogP contribution in [0.25, 0.3) is 0 Å². The molecule has 2 fully saturated rings. The van der Waals surface area contributed by atoms with Gasteiger partial charge in [-0.05, 0) is 31.9 Å². The summed E-state index contributed by atoms with van der Waals surface area (Å²) in [5, 5.41) is 6.50. The van der Waals surface area contributed by atoms with Gasteiger partial charge in [-0.15, -0.1) is 24.0 Å². The molecule has 9 heteroatoms. The largest absolute Gasteiger partial charge is 0.381 e. The molecule has 3 rings (SSSR count). The fourth-order valence-electron chi connectivity index (χ4n) is 3.79. The van der Waals surface area contributed by atoms with E-state index in [9.17, 15) is 4.79 Å². The van der Waals surface area contributed by atoms with Crippen LogP contribution in [0, 0.1) is 5.92 Å². The smallest absolute Gasteiger partial charge is 0.244 e. The van der Waals surface area contributed by atoms with Crippen molar-refractivity contribution >= 4 is 41.5 Å². The summed E-state index contributed by atoms with van der Waals surface area (Å²) >= 11 is 0. The lowest BCUT2D eigenvalue weighted by atomic mass is 10.1. The molecule has 1 unspecified atom stereocenters. The number of anilines is 1. The van der Waals surface area contributed by atoms with Crippen molar-refractivity contribution in [3.05, 3.63) is 30.3 Å². The van der Waals surface area contributed by atoms with Crippen molar-refractivity contribution in [3.63, 3.8) is 0 Å². The lowest BCUT2D eigenvalue weighted by molar-refractivity contribution is -0.129. The standard InChI is InChI=1S/C23H37N5O3.HI/c1-2-24-23(25-10-6-15-30-18-20-9-16-31-19-20)26-17-22(29)28-13-11-27(12-14-28)21-7-4-3-5-8-21;/h3-5,7-8,20H,2,6,9-19H2,1H3,(H2,24,25,26);1H. The maximum atomic E-state index is 12.6. The lowest BCUT2D eigenvalue weighted by Crippen LogP contribution is -2.49. The van der Waals surface area contributed by atoms with E-state index in [0.717, 1.165) is 71.9 Å². The Kier molecular flexibility index (Phi) is 12.7. The van der Waals surface area contributed by atoms with Crippen LogP contribution in [0.15, 0.2) is 35.3 Å². The molecule has 32 heavy (non-hydrogen) atoms. The summed E-state index contributed by atoms with van der Waals surface area (Å²) < 4.78 is 11.1. The second-order valence-corrected chi connectivity index (χ2v) is 7.98. The van der Waals surface area contributed by atoms with E-state index in [1.165, 1.54) is 5.69 Å². The maximum absolute atomic E-state index is 12.6. The van der Waals surface area contributed by atoms with Gasteiger partial charge in [0.15, 0.2) is 5.96 Å². The third-order valence-corrected chi connectivity index (χ3v) is 5.61. The predicted octanol–water partition coefficient (Wildman–Crippen LogP) is 1.95. The number of carbonyl (C=O) groups is 1. The van der Waals surface area contributed by atoms with Gasteiger partial charge in [-0.2, -0.15) is 0 Å². The number of ether oxygens (including phenoxy) is 2. The van der Waals surface area contributed by atoms with E-state index in [4.69, 9.17) is 9.47 Å². The molecular weight excluding hydrogens is 521 g/mol. The lowest BCUT2D eigenvalue weighted by Gasteiger charge is -2.36. The highest BCUT2D eigenvalue weighted by Gasteiger charge is 2.21. The number of hydrogen-bond donors (Lipinski definition) is 2. The number of guanidine groups is 1. The van der Waals surface area contributed by atoms with Crippen molar-refractivity contribution in [1.82, 2.24) is 15.5 Å². The normalized spacial score (nSPS) is 18.9. The molecule has 1 atom stereocenters. The average Bonchev–Trinajstić information content (AvgIpc) is 3.33. The molecule has 2 heterocycles. The van der Waals surface area contributed by atoms with Gasteiger partial charge in [0.1, 0.15) is 6.54 Å². The minimum Gasteiger partial charge on any atom is -0.381 e. The molecule has 0 saturated carbocycles. The Bertz CT molecular complexity index is 677. The first-order valence-electron chi connectivity index (χ1n) is 11.5. The highest BCUT2D eigenvalue weighted by Crippen LogP contribution is 2.15. The molecule has 0 bridgehead atoms. The van der Waals surface area contributed by atoms with Crippen LogP contribution in [0.3, 0.4) is 0 Å². The van der Waals surface area contributed by atoms with Gasteiger partial charge >= 0.3 is 0 Å². The molecule has 8 nitrogen and oxygen atoms in total. The van der Waals surface area contributed by atoms with Crippen molar-refractivity contribution in [1.29, 1.82) is 0 Å². The first kappa shape index (κ1) is 26.7. The Labute approximate surface area is 209 Å². The number of amides is 1. The number of piperazine rings is 1. The number of para-hydroxylation sites is 1. The van der Waals surface area contributed by atoms with Crippen LogP contribution in [0.4, 0.5) is 5.69 Å². The molecule has 2 aliphatic rings. The zero-order valence-corrected chi connectivity index (χ0v) is 21.5. The molecule has 2 aliphatic heterocycles. The van der Waals surface area contributed by atoms with Crippen LogP contribution in [0.1, 0.15) is 19.8 Å². The monoisotopic (exact) mass is 559 g/mol. The molecule has 0 aromatic heterocycles. The third-order valence-electron chi connectivity index (χ3n) is 5.61. The number of hydrogen-bond acceptors (Lipinski definition) is 5. The van der Waals surface area contributed by atoms with Crippen LogP contribution < -0.4 is 15.5 Å². The van der Waals surface area contributed by atoms with E-state index in [2.05, 4.69) is 32.7 Å². The highest BCUT2D eigenvalue weighted by atomic mass is 127. The Morgan fingerprint density at radius 2 is 1.97 bits per heavy atom. The van der Waals surface area contributed by atoms with Crippen molar-refractivity contribution < 1.29 is 14.3 Å². The van der Waals surface area contributed by atoms with Gasteiger partial charge in [0.25, 0.3) is 0 Å². The molecule has 0 radical (unpaired) electrons. The number of aliphatic imine (C=N–C) groups is 1. The first-order chi connectivity index (χ1) is 15.3. The molecule has 1 aromatic rings. The van der Waals surface area contributed by atoms with Crippen LogP contribution in [0.5, 0.6) is 0 Å². The summed E-state index contributed by atoms with van der Waals surface area (Å²) in [6.45, 7) is 10.1. The van der Waals surface area contributed by atoms with Gasteiger partial charge in [0.05, 0.1) is 13.2 Å². The zero-order chi connectivity index (χ0) is 21.7. The van der Waals surface area contributed by atoms with Gasteiger partial charge < -0.3 is 29.9 Å². The first-order valence-corrected chi connectivity index (χ1v) is 11.5. The second-order valence-electron chi connectivity index (χ2n) is 7.98. The quantitative estimate of drug-likeness (QED) is 0.198. The summed E-state index contributed by atoms with van der Waals surface area (Å²) in [5.74, 6) is 1.31. The third kappa shape index (κ3) is 9.11. The van der Waals surface area contributed by atoms with E-state index in [1.54, 1.807) is 0 Å². The number of nitrogens with one attached hydrogen (secondary N) is 2.